The van der Waals surface area contributed by atoms with Crippen molar-refractivity contribution in [1.29, 1.82) is 0 Å². The fourth-order valence-corrected chi connectivity index (χ4v) is 2.93. The van der Waals surface area contributed by atoms with Crippen LogP contribution in [0.25, 0.3) is 0 Å². The van der Waals surface area contributed by atoms with Crippen molar-refractivity contribution in [3.05, 3.63) is 69.7 Å². The van der Waals surface area contributed by atoms with E-state index in [-0.39, 0.29) is 24.8 Å². The number of halogens is 2. The van der Waals surface area contributed by atoms with Crippen molar-refractivity contribution in [2.75, 3.05) is 7.05 Å². The first kappa shape index (κ1) is 19.3. The molecular weight excluding hydrogens is 359 g/mol. The zero-order chi connectivity index (χ0) is 18.4. The van der Waals surface area contributed by atoms with Crippen LogP contribution in [0.5, 0.6) is 0 Å². The molecule has 0 aliphatic carbocycles. The monoisotopic (exact) mass is 378 g/mol. The summed E-state index contributed by atoms with van der Waals surface area (Å²) in [6.07, 6.45) is 0.159. The molecule has 0 unspecified atom stereocenters. The van der Waals surface area contributed by atoms with Gasteiger partial charge in [0, 0.05) is 23.6 Å². The minimum Gasteiger partial charge on any atom is -0.357 e. The van der Waals surface area contributed by atoms with Crippen molar-refractivity contribution < 1.29 is 9.59 Å². The lowest BCUT2D eigenvalue weighted by atomic mass is 10.1. The largest absolute Gasteiger partial charge is 0.357 e. The molecule has 0 saturated heterocycles. The number of benzene rings is 2. The van der Waals surface area contributed by atoms with Gasteiger partial charge in [-0.3, -0.25) is 9.59 Å². The van der Waals surface area contributed by atoms with Gasteiger partial charge >= 0.3 is 0 Å². The molecule has 4 nitrogen and oxygen atoms in total. The molecule has 2 rings (SSSR count). The number of amides is 2. The molecule has 1 N–H and O–H groups in total. The molecule has 2 amide bonds. The Morgan fingerprint density at radius 2 is 1.84 bits per heavy atom. The van der Waals surface area contributed by atoms with Crippen LogP contribution in [-0.2, 0) is 22.6 Å². The van der Waals surface area contributed by atoms with Crippen molar-refractivity contribution in [2.45, 2.75) is 25.9 Å². The Bertz CT molecular complexity index is 765. The maximum absolute atomic E-state index is 12.9. The summed E-state index contributed by atoms with van der Waals surface area (Å²) >= 11 is 12.2. The SMILES string of the molecule is CNC(=O)[C@@H](C)N(Cc1ccccc1Cl)C(=O)Cc1cccc(Cl)c1. The van der Waals surface area contributed by atoms with E-state index in [0.29, 0.717) is 10.0 Å². The first-order valence-corrected chi connectivity index (χ1v) is 8.67. The van der Waals surface area contributed by atoms with E-state index in [2.05, 4.69) is 5.32 Å². The van der Waals surface area contributed by atoms with Gasteiger partial charge in [0.25, 0.3) is 0 Å². The molecule has 0 radical (unpaired) electrons. The highest BCUT2D eigenvalue weighted by molar-refractivity contribution is 6.31. The van der Waals surface area contributed by atoms with Crippen LogP contribution in [0.1, 0.15) is 18.1 Å². The summed E-state index contributed by atoms with van der Waals surface area (Å²) in [6, 6.07) is 13.8. The van der Waals surface area contributed by atoms with Crippen LogP contribution in [0, 0.1) is 0 Å². The molecule has 132 valence electrons. The molecule has 0 fully saturated rings. The highest BCUT2D eigenvalue weighted by Crippen LogP contribution is 2.20. The van der Waals surface area contributed by atoms with Crippen molar-refractivity contribution in [3.8, 4) is 0 Å². The molecule has 6 heteroatoms. The zero-order valence-corrected chi connectivity index (χ0v) is 15.6. The van der Waals surface area contributed by atoms with Gasteiger partial charge in [0.05, 0.1) is 6.42 Å². The van der Waals surface area contributed by atoms with E-state index in [1.807, 2.05) is 24.3 Å². The normalized spacial score (nSPS) is 11.7. The number of carbonyl (C=O) groups excluding carboxylic acids is 2. The van der Waals surface area contributed by atoms with E-state index in [4.69, 9.17) is 23.2 Å². The minimum absolute atomic E-state index is 0.159. The molecule has 0 aliphatic heterocycles. The summed E-state index contributed by atoms with van der Waals surface area (Å²) in [5.74, 6) is -0.398. The van der Waals surface area contributed by atoms with Crippen molar-refractivity contribution >= 4 is 35.0 Å². The number of rotatable bonds is 6. The molecule has 0 aromatic heterocycles. The van der Waals surface area contributed by atoms with E-state index in [1.54, 1.807) is 38.2 Å². The van der Waals surface area contributed by atoms with Crippen LogP contribution in [-0.4, -0.2) is 29.8 Å². The standard InChI is InChI=1S/C19H20Cl2N2O2/c1-13(19(25)22-2)23(12-15-7-3-4-9-17(15)21)18(24)11-14-6-5-8-16(20)10-14/h3-10,13H,11-12H2,1-2H3,(H,22,25)/t13-/m1/s1. The average Bonchev–Trinajstić information content (AvgIpc) is 2.59. The Labute approximate surface area is 157 Å². The van der Waals surface area contributed by atoms with Crippen molar-refractivity contribution in [2.24, 2.45) is 0 Å². The highest BCUT2D eigenvalue weighted by atomic mass is 35.5. The van der Waals surface area contributed by atoms with Gasteiger partial charge in [0.2, 0.25) is 11.8 Å². The molecule has 25 heavy (non-hydrogen) atoms. The van der Waals surface area contributed by atoms with Crippen LogP contribution >= 0.6 is 23.2 Å². The smallest absolute Gasteiger partial charge is 0.242 e. The van der Waals surface area contributed by atoms with Crippen LogP contribution in [0.3, 0.4) is 0 Å². The quantitative estimate of drug-likeness (QED) is 0.832. The first-order chi connectivity index (χ1) is 11.9. The number of nitrogens with one attached hydrogen (secondary N) is 1. The van der Waals surface area contributed by atoms with Gasteiger partial charge in [-0.15, -0.1) is 0 Å². The number of hydrogen-bond acceptors (Lipinski definition) is 2. The first-order valence-electron chi connectivity index (χ1n) is 7.91. The molecule has 0 spiro atoms. The maximum atomic E-state index is 12.9. The molecule has 2 aromatic rings. The topological polar surface area (TPSA) is 49.4 Å². The predicted octanol–water partition coefficient (Wildman–Crippen LogP) is 3.70. The predicted molar refractivity (Wildman–Crippen MR) is 101 cm³/mol. The fraction of sp³-hybridized carbons (Fsp3) is 0.263. The molecule has 0 bridgehead atoms. The van der Waals surface area contributed by atoms with Crippen LogP contribution < -0.4 is 5.32 Å². The third kappa shape index (κ3) is 5.21. The van der Waals surface area contributed by atoms with Gasteiger partial charge in [-0.05, 0) is 36.2 Å². The number of likely N-dealkylation sites (N-methyl/N-ethyl adjacent to an activating group) is 1. The van der Waals surface area contributed by atoms with Crippen molar-refractivity contribution in [3.63, 3.8) is 0 Å². The Morgan fingerprint density at radius 3 is 2.48 bits per heavy atom. The Hall–Kier alpha value is -2.04. The third-order valence-corrected chi connectivity index (χ3v) is 4.56. The summed E-state index contributed by atoms with van der Waals surface area (Å²) in [5.41, 5.74) is 1.59. The molecule has 1 atom stereocenters. The summed E-state index contributed by atoms with van der Waals surface area (Å²) in [6.45, 7) is 1.96. The summed E-state index contributed by atoms with van der Waals surface area (Å²) in [7, 11) is 1.55. The second kappa shape index (κ2) is 8.88. The van der Waals surface area contributed by atoms with E-state index in [0.717, 1.165) is 11.1 Å². The van der Waals surface area contributed by atoms with E-state index >= 15 is 0 Å². The Kier molecular flexibility index (Phi) is 6.85. The van der Waals surface area contributed by atoms with Gasteiger partial charge in [-0.2, -0.15) is 0 Å². The Morgan fingerprint density at radius 1 is 1.12 bits per heavy atom. The van der Waals surface area contributed by atoms with Gasteiger partial charge in [-0.1, -0.05) is 53.5 Å². The Balaban J connectivity index is 2.25. The fourth-order valence-electron chi connectivity index (χ4n) is 2.52. The van der Waals surface area contributed by atoms with Gasteiger partial charge in [0.15, 0.2) is 0 Å². The van der Waals surface area contributed by atoms with Gasteiger partial charge < -0.3 is 10.2 Å². The molecule has 0 heterocycles. The lowest BCUT2D eigenvalue weighted by molar-refractivity contribution is -0.139. The minimum atomic E-state index is -0.618. The second-order valence-electron chi connectivity index (χ2n) is 5.71. The molecular formula is C19H20Cl2N2O2. The lowest BCUT2D eigenvalue weighted by Crippen LogP contribution is -2.47. The highest BCUT2D eigenvalue weighted by Gasteiger charge is 2.26. The van der Waals surface area contributed by atoms with Crippen LogP contribution in [0.2, 0.25) is 10.0 Å². The van der Waals surface area contributed by atoms with E-state index < -0.39 is 6.04 Å². The van der Waals surface area contributed by atoms with Crippen LogP contribution in [0.15, 0.2) is 48.5 Å². The summed E-state index contributed by atoms with van der Waals surface area (Å²) in [5, 5.41) is 3.72. The van der Waals surface area contributed by atoms with Gasteiger partial charge in [0.1, 0.15) is 6.04 Å². The van der Waals surface area contributed by atoms with Crippen LogP contribution in [0.4, 0.5) is 0 Å². The molecule has 0 aliphatic rings. The number of carbonyl (C=O) groups is 2. The second-order valence-corrected chi connectivity index (χ2v) is 6.55. The third-order valence-electron chi connectivity index (χ3n) is 3.96. The summed E-state index contributed by atoms with van der Waals surface area (Å²) < 4.78 is 0. The molecule has 0 saturated carbocycles. The average molecular weight is 379 g/mol. The zero-order valence-electron chi connectivity index (χ0n) is 14.1. The van der Waals surface area contributed by atoms with E-state index in [1.165, 1.54) is 4.90 Å². The van der Waals surface area contributed by atoms with E-state index in [9.17, 15) is 9.59 Å². The number of nitrogens with zero attached hydrogens (tertiary/aromatic N) is 1. The number of hydrogen-bond donors (Lipinski definition) is 1. The molecule has 2 aromatic carbocycles. The maximum Gasteiger partial charge on any atom is 0.242 e. The summed E-state index contributed by atoms with van der Waals surface area (Å²) in [4.78, 5) is 26.5. The lowest BCUT2D eigenvalue weighted by Gasteiger charge is -2.28. The van der Waals surface area contributed by atoms with Gasteiger partial charge in [-0.25, -0.2) is 0 Å². The van der Waals surface area contributed by atoms with Crippen molar-refractivity contribution in [1.82, 2.24) is 10.2 Å².